The molecular weight excluding hydrogens is 325 g/mol. The predicted octanol–water partition coefficient (Wildman–Crippen LogP) is 3.29. The summed E-state index contributed by atoms with van der Waals surface area (Å²) < 4.78 is 14.0. The number of halogens is 2. The molecule has 1 saturated heterocycles. The van der Waals surface area contributed by atoms with Gasteiger partial charge in [-0.25, -0.2) is 9.37 Å². The molecular formula is C15H15ClFN3OS. The van der Waals surface area contributed by atoms with Gasteiger partial charge in [0.25, 0.3) is 5.91 Å². The van der Waals surface area contributed by atoms with Crippen LogP contribution in [0, 0.1) is 5.82 Å². The highest BCUT2D eigenvalue weighted by atomic mass is 35.5. The number of hydrogen-bond acceptors (Lipinski definition) is 4. The molecule has 1 aliphatic heterocycles. The van der Waals surface area contributed by atoms with Crippen LogP contribution in [0.15, 0.2) is 29.1 Å². The third-order valence-electron chi connectivity index (χ3n) is 3.64. The lowest BCUT2D eigenvalue weighted by Crippen LogP contribution is -2.35. The van der Waals surface area contributed by atoms with Crippen molar-refractivity contribution >= 4 is 34.7 Å². The van der Waals surface area contributed by atoms with Crippen molar-refractivity contribution in [1.82, 2.24) is 9.88 Å². The van der Waals surface area contributed by atoms with E-state index in [1.54, 1.807) is 0 Å². The van der Waals surface area contributed by atoms with Crippen molar-refractivity contribution in [3.05, 3.63) is 45.5 Å². The standard InChI is InChI=1S/C15H15ClFN3OS/c16-12-8-13(17)14(18-9-12)19-3-1-4-20(6-5-19)15(21)11-2-7-22-10-11/h2,7-10H,1,3-6H2. The normalized spacial score (nSPS) is 15.7. The lowest BCUT2D eigenvalue weighted by Gasteiger charge is -2.23. The van der Waals surface area contributed by atoms with Crippen LogP contribution in [0.1, 0.15) is 16.8 Å². The summed E-state index contributed by atoms with van der Waals surface area (Å²) in [5, 5.41) is 4.03. The van der Waals surface area contributed by atoms with E-state index >= 15 is 0 Å². The molecule has 0 unspecified atom stereocenters. The van der Waals surface area contributed by atoms with Gasteiger partial charge in [-0.2, -0.15) is 11.3 Å². The Morgan fingerprint density at radius 2 is 2.18 bits per heavy atom. The minimum absolute atomic E-state index is 0.0348. The van der Waals surface area contributed by atoms with Gasteiger partial charge in [0, 0.05) is 37.8 Å². The summed E-state index contributed by atoms with van der Waals surface area (Å²) in [5.41, 5.74) is 0.717. The van der Waals surface area contributed by atoms with Crippen LogP contribution < -0.4 is 4.90 Å². The molecule has 0 saturated carbocycles. The fraction of sp³-hybridized carbons (Fsp3) is 0.333. The Morgan fingerprint density at radius 1 is 1.32 bits per heavy atom. The maximum atomic E-state index is 14.0. The van der Waals surface area contributed by atoms with E-state index in [0.717, 1.165) is 6.42 Å². The summed E-state index contributed by atoms with van der Waals surface area (Å²) in [6.45, 7) is 2.44. The van der Waals surface area contributed by atoms with E-state index in [2.05, 4.69) is 4.98 Å². The summed E-state index contributed by atoms with van der Waals surface area (Å²) in [6, 6.07) is 3.10. The molecule has 1 aliphatic rings. The monoisotopic (exact) mass is 339 g/mol. The molecule has 2 aromatic rings. The number of pyridine rings is 1. The number of carbonyl (C=O) groups is 1. The van der Waals surface area contributed by atoms with Crippen molar-refractivity contribution in [1.29, 1.82) is 0 Å². The zero-order valence-corrected chi connectivity index (χ0v) is 13.4. The maximum Gasteiger partial charge on any atom is 0.254 e. The third-order valence-corrected chi connectivity index (χ3v) is 4.53. The van der Waals surface area contributed by atoms with Crippen LogP contribution in [0.5, 0.6) is 0 Å². The lowest BCUT2D eigenvalue weighted by atomic mass is 10.3. The SMILES string of the molecule is O=C(c1ccsc1)N1CCCN(c2ncc(Cl)cc2F)CC1. The Labute approximate surface area is 137 Å². The molecule has 0 radical (unpaired) electrons. The van der Waals surface area contributed by atoms with Crippen LogP contribution in [-0.4, -0.2) is 42.0 Å². The van der Waals surface area contributed by atoms with Gasteiger partial charge in [-0.3, -0.25) is 4.79 Å². The molecule has 3 rings (SSSR count). The van der Waals surface area contributed by atoms with E-state index < -0.39 is 5.82 Å². The van der Waals surface area contributed by atoms with E-state index in [0.29, 0.717) is 37.6 Å². The van der Waals surface area contributed by atoms with Gasteiger partial charge < -0.3 is 9.80 Å². The number of amides is 1. The van der Waals surface area contributed by atoms with Crippen LogP contribution in [0.3, 0.4) is 0 Å². The van der Waals surface area contributed by atoms with E-state index in [9.17, 15) is 9.18 Å². The summed E-state index contributed by atoms with van der Waals surface area (Å²) >= 11 is 7.24. The van der Waals surface area contributed by atoms with Crippen LogP contribution >= 0.6 is 22.9 Å². The molecule has 4 nitrogen and oxygen atoms in total. The smallest absolute Gasteiger partial charge is 0.254 e. The van der Waals surface area contributed by atoms with Crippen molar-refractivity contribution < 1.29 is 9.18 Å². The molecule has 2 aromatic heterocycles. The number of anilines is 1. The van der Waals surface area contributed by atoms with Gasteiger partial charge >= 0.3 is 0 Å². The second-order valence-corrected chi connectivity index (χ2v) is 6.32. The number of hydrogen-bond donors (Lipinski definition) is 0. The average molecular weight is 340 g/mol. The first-order valence-electron chi connectivity index (χ1n) is 7.02. The Bertz CT molecular complexity index is 665. The molecule has 1 amide bonds. The van der Waals surface area contributed by atoms with Gasteiger partial charge in [-0.05, 0) is 23.9 Å². The molecule has 0 N–H and O–H groups in total. The van der Waals surface area contributed by atoms with Gasteiger partial charge in [-0.1, -0.05) is 11.6 Å². The number of rotatable bonds is 2. The zero-order chi connectivity index (χ0) is 15.5. The number of aromatic nitrogens is 1. The van der Waals surface area contributed by atoms with E-state index in [-0.39, 0.29) is 10.9 Å². The van der Waals surface area contributed by atoms with Crippen molar-refractivity contribution in [2.75, 3.05) is 31.1 Å². The summed E-state index contributed by atoms with van der Waals surface area (Å²) in [5.74, 6) is -0.0908. The van der Waals surface area contributed by atoms with E-state index in [4.69, 9.17) is 11.6 Å². The van der Waals surface area contributed by atoms with Crippen molar-refractivity contribution in [3.63, 3.8) is 0 Å². The molecule has 0 aromatic carbocycles. The second-order valence-electron chi connectivity index (χ2n) is 5.10. The highest BCUT2D eigenvalue weighted by molar-refractivity contribution is 7.08. The van der Waals surface area contributed by atoms with Gasteiger partial charge in [0.2, 0.25) is 0 Å². The van der Waals surface area contributed by atoms with Crippen molar-refractivity contribution in [2.45, 2.75) is 6.42 Å². The maximum absolute atomic E-state index is 14.0. The summed E-state index contributed by atoms with van der Waals surface area (Å²) in [4.78, 5) is 20.1. The second kappa shape index (κ2) is 6.62. The highest BCUT2D eigenvalue weighted by Crippen LogP contribution is 2.21. The van der Waals surface area contributed by atoms with Crippen LogP contribution in [0.4, 0.5) is 10.2 Å². The molecule has 0 bridgehead atoms. The third kappa shape index (κ3) is 3.23. The van der Waals surface area contributed by atoms with Gasteiger partial charge in [0.05, 0.1) is 10.6 Å². The molecule has 7 heteroatoms. The van der Waals surface area contributed by atoms with Gasteiger partial charge in [0.15, 0.2) is 11.6 Å². The van der Waals surface area contributed by atoms with E-state index in [1.165, 1.54) is 23.6 Å². The first-order valence-corrected chi connectivity index (χ1v) is 8.34. The topological polar surface area (TPSA) is 36.4 Å². The quantitative estimate of drug-likeness (QED) is 0.842. The van der Waals surface area contributed by atoms with Crippen LogP contribution in [0.25, 0.3) is 0 Å². The minimum atomic E-state index is -0.426. The fourth-order valence-electron chi connectivity index (χ4n) is 2.54. The Hall–Kier alpha value is -1.66. The summed E-state index contributed by atoms with van der Waals surface area (Å²) in [6.07, 6.45) is 2.22. The van der Waals surface area contributed by atoms with E-state index in [1.807, 2.05) is 26.6 Å². The minimum Gasteiger partial charge on any atom is -0.352 e. The highest BCUT2D eigenvalue weighted by Gasteiger charge is 2.22. The zero-order valence-electron chi connectivity index (χ0n) is 11.8. The largest absolute Gasteiger partial charge is 0.352 e. The van der Waals surface area contributed by atoms with Crippen LogP contribution in [0.2, 0.25) is 5.02 Å². The Balaban J connectivity index is 1.71. The lowest BCUT2D eigenvalue weighted by molar-refractivity contribution is 0.0767. The van der Waals surface area contributed by atoms with Crippen molar-refractivity contribution in [2.24, 2.45) is 0 Å². The molecule has 1 fully saturated rings. The van der Waals surface area contributed by atoms with Gasteiger partial charge in [-0.15, -0.1) is 0 Å². The summed E-state index contributed by atoms with van der Waals surface area (Å²) in [7, 11) is 0. The molecule has 116 valence electrons. The van der Waals surface area contributed by atoms with Gasteiger partial charge in [0.1, 0.15) is 0 Å². The fourth-order valence-corrected chi connectivity index (χ4v) is 3.32. The van der Waals surface area contributed by atoms with Crippen molar-refractivity contribution in [3.8, 4) is 0 Å². The Morgan fingerprint density at radius 3 is 2.91 bits per heavy atom. The first kappa shape index (κ1) is 15.2. The predicted molar refractivity (Wildman–Crippen MR) is 86.3 cm³/mol. The first-order chi connectivity index (χ1) is 10.6. The van der Waals surface area contributed by atoms with Crippen LogP contribution in [-0.2, 0) is 0 Å². The number of thiophene rings is 1. The molecule has 0 atom stereocenters. The number of nitrogens with zero attached hydrogens (tertiary/aromatic N) is 3. The Kier molecular flexibility index (Phi) is 4.59. The molecule has 0 aliphatic carbocycles. The number of carbonyl (C=O) groups excluding carboxylic acids is 1. The average Bonchev–Trinajstić information content (AvgIpc) is 2.92. The molecule has 22 heavy (non-hydrogen) atoms. The molecule has 0 spiro atoms. The molecule has 3 heterocycles.